The summed E-state index contributed by atoms with van der Waals surface area (Å²) in [5, 5.41) is 28.1. The number of aromatic hydroxyl groups is 1. The van der Waals surface area contributed by atoms with Crippen LogP contribution in [0.15, 0.2) is 89.7 Å². The van der Waals surface area contributed by atoms with E-state index in [0.717, 1.165) is 42.4 Å². The van der Waals surface area contributed by atoms with Crippen LogP contribution < -0.4 is 31.4 Å². The number of aromatic nitrogens is 1. The van der Waals surface area contributed by atoms with Crippen LogP contribution in [0.3, 0.4) is 0 Å². The maximum Gasteiger partial charge on any atom is 0.411 e. The number of aliphatic hydroxyl groups excluding tert-OH is 1. The van der Waals surface area contributed by atoms with Gasteiger partial charge in [-0.15, -0.1) is 0 Å². The van der Waals surface area contributed by atoms with Crippen molar-refractivity contribution in [1.82, 2.24) is 15.2 Å². The third-order valence-corrected chi connectivity index (χ3v) is 10.5. The molecule has 0 spiro atoms. The Morgan fingerprint density at radius 1 is 1.00 bits per heavy atom. The van der Waals surface area contributed by atoms with E-state index in [9.17, 15) is 24.6 Å². The third-order valence-electron chi connectivity index (χ3n) is 10.2. The van der Waals surface area contributed by atoms with Crippen LogP contribution in [-0.2, 0) is 22.5 Å². The largest absolute Gasteiger partial charge is 0.506 e. The van der Waals surface area contributed by atoms with E-state index in [2.05, 4.69) is 15.6 Å². The van der Waals surface area contributed by atoms with Crippen LogP contribution in [-0.4, -0.2) is 78.1 Å². The Morgan fingerprint density at radius 2 is 1.77 bits per heavy atom. The van der Waals surface area contributed by atoms with Crippen LogP contribution in [0.2, 0.25) is 5.02 Å². The number of fused-ring (bicyclic) bond motifs is 1. The molecule has 14 heteroatoms. The number of ether oxygens (including phenoxy) is 3. The first-order valence-electron chi connectivity index (χ1n) is 18.9. The lowest BCUT2D eigenvalue weighted by Gasteiger charge is -2.26. The number of rotatable bonds is 15. The number of carbonyl (C=O) groups excluding carboxylic acids is 2. The minimum absolute atomic E-state index is 0.0868. The van der Waals surface area contributed by atoms with Crippen LogP contribution >= 0.6 is 11.6 Å². The summed E-state index contributed by atoms with van der Waals surface area (Å²) in [4.78, 5) is 42.1. The smallest absolute Gasteiger partial charge is 0.411 e. The molecule has 2 amide bonds. The second-order valence-corrected chi connectivity index (χ2v) is 14.6. The fourth-order valence-electron chi connectivity index (χ4n) is 6.91. The van der Waals surface area contributed by atoms with Crippen LogP contribution in [0.25, 0.3) is 22.0 Å². The molecule has 0 bridgehead atoms. The number of carbonyl (C=O) groups is 2. The van der Waals surface area contributed by atoms with E-state index in [1.165, 1.54) is 19.2 Å². The number of hydrogen-bond donors (Lipinski definition) is 6. The zero-order chi connectivity index (χ0) is 40.5. The molecule has 0 unspecified atom stereocenters. The van der Waals surface area contributed by atoms with Crippen molar-refractivity contribution in [3.8, 4) is 28.4 Å². The van der Waals surface area contributed by atoms with Gasteiger partial charge in [0.05, 0.1) is 29.4 Å². The number of halogens is 1. The lowest BCUT2D eigenvalue weighted by molar-refractivity contribution is -0.132. The predicted octanol–water partition coefficient (Wildman–Crippen LogP) is 6.28. The fourth-order valence-corrected chi connectivity index (χ4v) is 7.15. The van der Waals surface area contributed by atoms with Crippen molar-refractivity contribution < 1.29 is 34.0 Å². The first-order valence-corrected chi connectivity index (χ1v) is 19.2. The standard InChI is InChI=1S/C43H48ClN5O8/c1-49(19-18-26-8-13-31(27-6-4-3-5-7-27)35(20-26)47-43(54)57-30-11-9-29(45)10-12-30)41(53)25-56-39-22-38(55-2)28(21-34(39)44)23-46-24-37(51)32-14-16-36(50)42-33(32)15-17-40(52)48-42/h3-8,13-17,20-22,29-30,37,46,50-51H,9-12,18-19,23-25,45H2,1-2H3,(H,47,54)(H,48,52)/t29?,30?,37-/m0/s1. The van der Waals surface area contributed by atoms with Gasteiger partial charge < -0.3 is 45.4 Å². The summed E-state index contributed by atoms with van der Waals surface area (Å²) in [6, 6.07) is 25.0. The summed E-state index contributed by atoms with van der Waals surface area (Å²) in [6.07, 6.45) is 2.04. The Morgan fingerprint density at radius 3 is 2.53 bits per heavy atom. The first kappa shape index (κ1) is 41.0. The molecule has 0 radical (unpaired) electrons. The molecule has 13 nitrogen and oxygen atoms in total. The van der Waals surface area contributed by atoms with Crippen molar-refractivity contribution in [1.29, 1.82) is 0 Å². The molecule has 0 saturated heterocycles. The van der Waals surface area contributed by atoms with Crippen molar-refractivity contribution >= 4 is 40.2 Å². The molecule has 7 N–H and O–H groups in total. The molecule has 5 aromatic rings. The molecule has 300 valence electrons. The predicted molar refractivity (Wildman–Crippen MR) is 220 cm³/mol. The highest BCUT2D eigenvalue weighted by Crippen LogP contribution is 2.34. The number of aromatic amines is 1. The molecular weight excluding hydrogens is 750 g/mol. The molecule has 0 aliphatic heterocycles. The van der Waals surface area contributed by atoms with Crippen LogP contribution in [0, 0.1) is 0 Å². The molecular formula is C43H48ClN5O8. The summed E-state index contributed by atoms with van der Waals surface area (Å²) in [5.74, 6) is 0.403. The molecule has 4 aromatic carbocycles. The lowest BCUT2D eigenvalue weighted by Crippen LogP contribution is -2.33. The van der Waals surface area contributed by atoms with Gasteiger partial charge in [0.25, 0.3) is 5.91 Å². The van der Waals surface area contributed by atoms with E-state index in [0.29, 0.717) is 40.9 Å². The van der Waals surface area contributed by atoms with Gasteiger partial charge in [0.15, 0.2) is 6.61 Å². The molecule has 1 aromatic heterocycles. The van der Waals surface area contributed by atoms with Gasteiger partial charge in [-0.25, -0.2) is 4.79 Å². The SMILES string of the molecule is COc1cc(OCC(=O)N(C)CCc2ccc(-c3ccccc3)c(NC(=O)OC3CCC(N)CC3)c2)c(Cl)cc1CNC[C@H](O)c1ccc(O)c2[nH]c(=O)ccc12. The van der Waals surface area contributed by atoms with Crippen molar-refractivity contribution in [2.75, 3.05) is 39.2 Å². The monoisotopic (exact) mass is 797 g/mol. The van der Waals surface area contributed by atoms with Crippen LogP contribution in [0.5, 0.6) is 17.2 Å². The Balaban J connectivity index is 1.03. The normalized spacial score (nSPS) is 15.8. The molecule has 57 heavy (non-hydrogen) atoms. The Kier molecular flexibility index (Phi) is 13.7. The highest BCUT2D eigenvalue weighted by Gasteiger charge is 2.23. The molecule has 1 aliphatic rings. The average Bonchev–Trinajstić information content (AvgIpc) is 3.21. The summed E-state index contributed by atoms with van der Waals surface area (Å²) in [7, 11) is 3.21. The van der Waals surface area contributed by atoms with Crippen molar-refractivity contribution in [3.63, 3.8) is 0 Å². The second-order valence-electron chi connectivity index (χ2n) is 14.2. The van der Waals surface area contributed by atoms with Crippen LogP contribution in [0.1, 0.15) is 48.5 Å². The maximum atomic E-state index is 13.2. The quantitative estimate of drug-likeness (QED) is 0.0703. The summed E-state index contributed by atoms with van der Waals surface area (Å²) in [5.41, 5.74) is 10.5. The van der Waals surface area contributed by atoms with Gasteiger partial charge in [0, 0.05) is 61.4 Å². The molecule has 1 heterocycles. The van der Waals surface area contributed by atoms with E-state index >= 15 is 0 Å². The number of aliphatic hydroxyl groups is 1. The van der Waals surface area contributed by atoms with Crippen molar-refractivity contribution in [3.05, 3.63) is 117 Å². The van der Waals surface area contributed by atoms with Gasteiger partial charge >= 0.3 is 6.09 Å². The number of anilines is 1. The number of nitrogens with one attached hydrogen (secondary N) is 3. The number of pyridine rings is 1. The summed E-state index contributed by atoms with van der Waals surface area (Å²) >= 11 is 6.58. The lowest BCUT2D eigenvalue weighted by atomic mass is 9.94. The van der Waals surface area contributed by atoms with E-state index in [1.54, 1.807) is 36.2 Å². The van der Waals surface area contributed by atoms with Gasteiger partial charge in [-0.3, -0.25) is 14.9 Å². The number of hydrogen-bond acceptors (Lipinski definition) is 10. The topological polar surface area (TPSA) is 188 Å². The Hall–Kier alpha value is -5.60. The molecule has 1 fully saturated rings. The maximum absolute atomic E-state index is 13.2. The number of phenols is 1. The van der Waals surface area contributed by atoms with E-state index in [-0.39, 0.29) is 65.3 Å². The molecule has 6 rings (SSSR count). The van der Waals surface area contributed by atoms with Crippen molar-refractivity contribution in [2.45, 2.75) is 56.9 Å². The van der Waals surface area contributed by atoms with Gasteiger partial charge in [-0.05, 0) is 73.1 Å². The molecule has 1 atom stereocenters. The number of nitrogens with two attached hydrogens (primary N) is 1. The highest BCUT2D eigenvalue weighted by molar-refractivity contribution is 6.32. The number of benzene rings is 4. The Bertz CT molecular complexity index is 2240. The zero-order valence-corrected chi connectivity index (χ0v) is 32.7. The second kappa shape index (κ2) is 19.0. The summed E-state index contributed by atoms with van der Waals surface area (Å²) < 4.78 is 17.2. The zero-order valence-electron chi connectivity index (χ0n) is 31.9. The van der Waals surface area contributed by atoms with E-state index in [4.69, 9.17) is 31.5 Å². The number of phenolic OH excluding ortho intramolecular Hbond substituents is 1. The van der Waals surface area contributed by atoms with Crippen LogP contribution in [0.4, 0.5) is 10.5 Å². The van der Waals surface area contributed by atoms with E-state index in [1.807, 2.05) is 48.5 Å². The number of methoxy groups -OCH3 is 1. The first-order chi connectivity index (χ1) is 27.5. The number of nitrogens with zero attached hydrogens (tertiary/aromatic N) is 1. The third kappa shape index (κ3) is 10.6. The number of likely N-dealkylation sites (N-methyl/N-ethyl adjacent to an activating group) is 1. The van der Waals surface area contributed by atoms with Gasteiger partial charge in [0.1, 0.15) is 23.4 Å². The highest BCUT2D eigenvalue weighted by atomic mass is 35.5. The fraction of sp³-hybridized carbons (Fsp3) is 0.326. The molecule has 1 aliphatic carbocycles. The minimum atomic E-state index is -0.950. The van der Waals surface area contributed by atoms with Gasteiger partial charge in [-0.2, -0.15) is 0 Å². The summed E-state index contributed by atoms with van der Waals surface area (Å²) in [6.45, 7) is 0.573. The Labute approximate surface area is 335 Å². The average molecular weight is 798 g/mol. The van der Waals surface area contributed by atoms with Gasteiger partial charge in [-0.1, -0.05) is 60.1 Å². The number of amides is 2. The van der Waals surface area contributed by atoms with Gasteiger partial charge in [0.2, 0.25) is 5.56 Å². The van der Waals surface area contributed by atoms with Crippen molar-refractivity contribution in [2.24, 2.45) is 5.73 Å². The number of H-pyrrole nitrogens is 1. The van der Waals surface area contributed by atoms with E-state index < -0.39 is 12.2 Å². The molecule has 1 saturated carbocycles. The minimum Gasteiger partial charge on any atom is -0.506 e.